The van der Waals surface area contributed by atoms with Crippen molar-refractivity contribution in [2.45, 2.75) is 45.2 Å². The third kappa shape index (κ3) is 3.28. The molecule has 0 aliphatic carbocycles. The van der Waals surface area contributed by atoms with Crippen molar-refractivity contribution in [1.29, 1.82) is 0 Å². The molecule has 0 unspecified atom stereocenters. The zero-order chi connectivity index (χ0) is 15.3. The fourth-order valence-corrected chi connectivity index (χ4v) is 2.55. The van der Waals surface area contributed by atoms with E-state index < -0.39 is 5.54 Å². The molecule has 3 nitrogen and oxygen atoms in total. The fraction of sp³-hybridized carbons (Fsp3) is 0.389. The second-order valence-corrected chi connectivity index (χ2v) is 5.30. The van der Waals surface area contributed by atoms with Gasteiger partial charge < -0.3 is 9.88 Å². The van der Waals surface area contributed by atoms with E-state index in [2.05, 4.69) is 34.0 Å². The molecule has 1 N–H and O–H groups in total. The quantitative estimate of drug-likeness (QED) is 0.810. The van der Waals surface area contributed by atoms with Gasteiger partial charge in [0, 0.05) is 24.7 Å². The molecular formula is C18H22N2O. The first-order valence-electron chi connectivity index (χ1n) is 7.47. The molecule has 0 spiro atoms. The summed E-state index contributed by atoms with van der Waals surface area (Å²) >= 11 is 0. The van der Waals surface area contributed by atoms with Gasteiger partial charge in [-0.1, -0.05) is 38.0 Å². The van der Waals surface area contributed by atoms with Gasteiger partial charge in [0.05, 0.1) is 0 Å². The highest BCUT2D eigenvalue weighted by Gasteiger charge is 2.24. The molecule has 0 saturated carbocycles. The minimum absolute atomic E-state index is 0.00873. The van der Waals surface area contributed by atoms with Crippen molar-refractivity contribution in [3.05, 3.63) is 36.5 Å². The van der Waals surface area contributed by atoms with Crippen LogP contribution in [-0.2, 0) is 11.3 Å². The van der Waals surface area contributed by atoms with Crippen molar-refractivity contribution in [2.24, 2.45) is 0 Å². The largest absolute Gasteiger partial charge is 0.347 e. The molecule has 1 amide bonds. The van der Waals surface area contributed by atoms with E-state index in [0.29, 0.717) is 13.0 Å². The van der Waals surface area contributed by atoms with Crippen LogP contribution in [-0.4, -0.2) is 16.0 Å². The highest BCUT2D eigenvalue weighted by Crippen LogP contribution is 2.16. The van der Waals surface area contributed by atoms with E-state index in [9.17, 15) is 4.79 Å². The summed E-state index contributed by atoms with van der Waals surface area (Å²) in [5.74, 6) is 2.74. The first-order chi connectivity index (χ1) is 10.1. The van der Waals surface area contributed by atoms with E-state index in [4.69, 9.17) is 6.42 Å². The van der Waals surface area contributed by atoms with Gasteiger partial charge in [-0.25, -0.2) is 0 Å². The van der Waals surface area contributed by atoms with Crippen LogP contribution in [0.1, 0.15) is 33.1 Å². The van der Waals surface area contributed by atoms with Crippen LogP contribution < -0.4 is 5.32 Å². The highest BCUT2D eigenvalue weighted by molar-refractivity contribution is 5.81. The van der Waals surface area contributed by atoms with Gasteiger partial charge >= 0.3 is 0 Å². The molecule has 0 saturated heterocycles. The Bertz CT molecular complexity index is 659. The number of amides is 1. The zero-order valence-corrected chi connectivity index (χ0v) is 12.7. The molecule has 21 heavy (non-hydrogen) atoms. The standard InChI is InChI=1S/C18H22N2O/c1-4-18(5-2,6-3)19-17(21)12-14-20-13-11-15-9-7-8-10-16(15)20/h1,7-11,13H,5-6,12,14H2,2-3H3,(H,19,21). The molecule has 1 aromatic heterocycles. The third-order valence-corrected chi connectivity index (χ3v) is 4.12. The second kappa shape index (κ2) is 6.49. The molecule has 0 aliphatic rings. The molecule has 0 aliphatic heterocycles. The smallest absolute Gasteiger partial charge is 0.222 e. The second-order valence-electron chi connectivity index (χ2n) is 5.30. The lowest BCUT2D eigenvalue weighted by molar-refractivity contribution is -0.122. The van der Waals surface area contributed by atoms with Crippen molar-refractivity contribution in [3.63, 3.8) is 0 Å². The number of para-hydroxylation sites is 1. The molecule has 2 rings (SSSR count). The van der Waals surface area contributed by atoms with Crippen molar-refractivity contribution in [1.82, 2.24) is 9.88 Å². The predicted molar refractivity (Wildman–Crippen MR) is 86.8 cm³/mol. The lowest BCUT2D eigenvalue weighted by Gasteiger charge is -2.27. The molecule has 2 aromatic rings. The van der Waals surface area contributed by atoms with Gasteiger partial charge in [-0.05, 0) is 30.4 Å². The number of aryl methyl sites for hydroxylation is 1. The van der Waals surface area contributed by atoms with Crippen LogP contribution in [0.5, 0.6) is 0 Å². The lowest BCUT2D eigenvalue weighted by Crippen LogP contribution is -2.46. The topological polar surface area (TPSA) is 34.0 Å². The number of rotatable bonds is 6. The number of carbonyl (C=O) groups is 1. The summed E-state index contributed by atoms with van der Waals surface area (Å²) in [6, 6.07) is 10.2. The molecule has 0 radical (unpaired) electrons. The van der Waals surface area contributed by atoms with Gasteiger partial charge in [-0.15, -0.1) is 6.42 Å². The van der Waals surface area contributed by atoms with Gasteiger partial charge in [0.25, 0.3) is 0 Å². The van der Waals surface area contributed by atoms with Crippen LogP contribution in [0.15, 0.2) is 36.5 Å². The maximum Gasteiger partial charge on any atom is 0.222 e. The van der Waals surface area contributed by atoms with Crippen molar-refractivity contribution in [3.8, 4) is 12.3 Å². The summed E-state index contributed by atoms with van der Waals surface area (Å²) in [7, 11) is 0. The Morgan fingerprint density at radius 3 is 2.67 bits per heavy atom. The van der Waals surface area contributed by atoms with E-state index in [1.807, 2.05) is 32.2 Å². The molecule has 110 valence electrons. The predicted octanol–water partition coefficient (Wildman–Crippen LogP) is 3.34. The third-order valence-electron chi connectivity index (χ3n) is 4.12. The first kappa shape index (κ1) is 15.2. The van der Waals surface area contributed by atoms with Crippen LogP contribution in [0, 0.1) is 12.3 Å². The molecule has 0 bridgehead atoms. The maximum absolute atomic E-state index is 12.1. The molecule has 1 aromatic carbocycles. The number of nitrogens with one attached hydrogen (secondary N) is 1. The Balaban J connectivity index is 2.00. The summed E-state index contributed by atoms with van der Waals surface area (Å²) in [6.07, 6.45) is 9.52. The number of benzene rings is 1. The Morgan fingerprint density at radius 2 is 2.00 bits per heavy atom. The van der Waals surface area contributed by atoms with E-state index in [1.165, 1.54) is 5.39 Å². The number of hydrogen-bond donors (Lipinski definition) is 1. The van der Waals surface area contributed by atoms with Crippen LogP contribution in [0.25, 0.3) is 10.9 Å². The molecule has 1 heterocycles. The zero-order valence-electron chi connectivity index (χ0n) is 12.7. The summed E-state index contributed by atoms with van der Waals surface area (Å²) in [5.41, 5.74) is 0.648. The van der Waals surface area contributed by atoms with Gasteiger partial charge in [-0.2, -0.15) is 0 Å². The maximum atomic E-state index is 12.1. The molecule has 0 fully saturated rings. The van der Waals surface area contributed by atoms with Gasteiger partial charge in [0.15, 0.2) is 0 Å². The monoisotopic (exact) mass is 282 g/mol. The molecular weight excluding hydrogens is 260 g/mol. The van der Waals surface area contributed by atoms with Crippen LogP contribution in [0.3, 0.4) is 0 Å². The summed E-state index contributed by atoms with van der Waals surface area (Å²) in [5, 5.41) is 4.19. The number of terminal acetylenes is 1. The van der Waals surface area contributed by atoms with E-state index >= 15 is 0 Å². The summed E-state index contributed by atoms with van der Waals surface area (Å²) < 4.78 is 2.10. The number of fused-ring (bicyclic) bond motifs is 1. The minimum Gasteiger partial charge on any atom is -0.347 e. The van der Waals surface area contributed by atoms with Crippen LogP contribution in [0.2, 0.25) is 0 Å². The van der Waals surface area contributed by atoms with Gasteiger partial charge in [0.1, 0.15) is 5.54 Å². The van der Waals surface area contributed by atoms with E-state index in [-0.39, 0.29) is 5.91 Å². The highest BCUT2D eigenvalue weighted by atomic mass is 16.1. The molecule has 3 heteroatoms. The minimum atomic E-state index is -0.504. The van der Waals surface area contributed by atoms with Crippen LogP contribution >= 0.6 is 0 Å². The Labute approximate surface area is 126 Å². The molecule has 0 atom stereocenters. The fourth-order valence-electron chi connectivity index (χ4n) is 2.55. The van der Waals surface area contributed by atoms with Crippen LogP contribution in [0.4, 0.5) is 0 Å². The average molecular weight is 282 g/mol. The van der Waals surface area contributed by atoms with Gasteiger partial charge in [-0.3, -0.25) is 4.79 Å². The first-order valence-corrected chi connectivity index (χ1v) is 7.47. The Kier molecular flexibility index (Phi) is 4.70. The SMILES string of the molecule is C#CC(CC)(CC)NC(=O)CCn1ccc2ccccc21. The Hall–Kier alpha value is -2.21. The van der Waals surface area contributed by atoms with E-state index in [0.717, 1.165) is 18.4 Å². The number of carbonyl (C=O) groups excluding carboxylic acids is 1. The summed E-state index contributed by atoms with van der Waals surface area (Å²) in [6.45, 7) is 4.67. The number of aromatic nitrogens is 1. The van der Waals surface area contributed by atoms with Crippen molar-refractivity contribution < 1.29 is 4.79 Å². The summed E-state index contributed by atoms with van der Waals surface area (Å²) in [4.78, 5) is 12.1. The van der Waals surface area contributed by atoms with Crippen molar-refractivity contribution in [2.75, 3.05) is 0 Å². The van der Waals surface area contributed by atoms with Gasteiger partial charge in [0.2, 0.25) is 5.91 Å². The number of hydrogen-bond acceptors (Lipinski definition) is 1. The van der Waals surface area contributed by atoms with E-state index in [1.54, 1.807) is 0 Å². The Morgan fingerprint density at radius 1 is 1.29 bits per heavy atom. The number of nitrogens with zero attached hydrogens (tertiary/aromatic N) is 1. The average Bonchev–Trinajstić information content (AvgIpc) is 2.94. The normalized spacial score (nSPS) is 11.3. The lowest BCUT2D eigenvalue weighted by atomic mass is 9.94. The van der Waals surface area contributed by atoms with Crippen molar-refractivity contribution >= 4 is 16.8 Å².